The Morgan fingerprint density at radius 1 is 1.22 bits per heavy atom. The van der Waals surface area contributed by atoms with Crippen molar-refractivity contribution in [2.75, 3.05) is 5.43 Å². The highest BCUT2D eigenvalue weighted by Gasteiger charge is 2.11. The Kier molecular flexibility index (Phi) is 4.83. The average molecular weight is 387 g/mol. The van der Waals surface area contributed by atoms with Crippen LogP contribution in [0.4, 0.5) is 5.82 Å². The van der Waals surface area contributed by atoms with Gasteiger partial charge in [0.25, 0.3) is 0 Å². The number of allylic oxidation sites excluding steroid dienone is 1. The summed E-state index contributed by atoms with van der Waals surface area (Å²) >= 11 is 5.17. The number of aromatic nitrogens is 2. The van der Waals surface area contributed by atoms with Crippen molar-refractivity contribution in [3.63, 3.8) is 0 Å². The first-order valence-electron chi connectivity index (χ1n) is 7.07. The van der Waals surface area contributed by atoms with Crippen molar-refractivity contribution < 1.29 is 0 Å². The van der Waals surface area contributed by atoms with Crippen molar-refractivity contribution in [2.45, 2.75) is 13.8 Å². The molecule has 116 valence electrons. The molecule has 6 heteroatoms. The van der Waals surface area contributed by atoms with E-state index in [2.05, 4.69) is 50.3 Å². The van der Waals surface area contributed by atoms with Crippen LogP contribution < -0.4 is 5.43 Å². The van der Waals surface area contributed by atoms with Gasteiger partial charge in [-0.05, 0) is 47.0 Å². The Bertz CT molecular complexity index is 884. The van der Waals surface area contributed by atoms with Gasteiger partial charge in [-0.3, -0.25) is 5.43 Å². The summed E-state index contributed by atoms with van der Waals surface area (Å²) in [4.78, 5) is 10.8. The third-order valence-corrected chi connectivity index (χ3v) is 4.98. The molecule has 0 saturated carbocycles. The molecule has 0 amide bonds. The molecule has 4 nitrogen and oxygen atoms in total. The third kappa shape index (κ3) is 3.65. The molecule has 0 radical (unpaired) electrons. The molecule has 0 atom stereocenters. The van der Waals surface area contributed by atoms with Gasteiger partial charge in [0.05, 0.1) is 11.6 Å². The van der Waals surface area contributed by atoms with Crippen LogP contribution in [0.25, 0.3) is 16.3 Å². The predicted molar refractivity (Wildman–Crippen MR) is 102 cm³/mol. The molecule has 0 fully saturated rings. The number of benzene rings is 1. The lowest BCUT2D eigenvalue weighted by molar-refractivity contribution is 1.19. The number of thiophene rings is 1. The number of nitrogens with zero attached hydrogens (tertiary/aromatic N) is 3. The first-order chi connectivity index (χ1) is 11.1. The summed E-state index contributed by atoms with van der Waals surface area (Å²) in [6.45, 7) is 4.17. The van der Waals surface area contributed by atoms with Crippen LogP contribution in [0.1, 0.15) is 16.0 Å². The molecular weight excluding hydrogens is 372 g/mol. The molecule has 2 heterocycles. The van der Waals surface area contributed by atoms with E-state index in [0.717, 1.165) is 26.1 Å². The summed E-state index contributed by atoms with van der Waals surface area (Å²) in [5.41, 5.74) is 5.32. The van der Waals surface area contributed by atoms with Crippen LogP contribution in [0.3, 0.4) is 0 Å². The SMILES string of the molecule is Cc1sc2ncnc(NN=CC(Br)=Cc3ccccc3)c2c1C. The maximum Gasteiger partial charge on any atom is 0.158 e. The van der Waals surface area contributed by atoms with Crippen molar-refractivity contribution in [1.29, 1.82) is 0 Å². The first-order valence-corrected chi connectivity index (χ1v) is 8.68. The Balaban J connectivity index is 1.79. The van der Waals surface area contributed by atoms with Crippen LogP contribution in [0.2, 0.25) is 0 Å². The summed E-state index contributed by atoms with van der Waals surface area (Å²) in [7, 11) is 0. The van der Waals surface area contributed by atoms with Gasteiger partial charge < -0.3 is 0 Å². The van der Waals surface area contributed by atoms with Crippen LogP contribution in [0, 0.1) is 13.8 Å². The number of fused-ring (bicyclic) bond motifs is 1. The van der Waals surface area contributed by atoms with Crippen molar-refractivity contribution in [3.05, 3.63) is 57.1 Å². The third-order valence-electron chi connectivity index (χ3n) is 3.43. The highest BCUT2D eigenvalue weighted by atomic mass is 79.9. The van der Waals surface area contributed by atoms with E-state index in [9.17, 15) is 0 Å². The number of anilines is 1. The van der Waals surface area contributed by atoms with Gasteiger partial charge in [0.2, 0.25) is 0 Å². The monoisotopic (exact) mass is 386 g/mol. The molecule has 23 heavy (non-hydrogen) atoms. The molecule has 0 unspecified atom stereocenters. The Morgan fingerprint density at radius 3 is 2.78 bits per heavy atom. The lowest BCUT2D eigenvalue weighted by Crippen LogP contribution is -1.95. The highest BCUT2D eigenvalue weighted by Crippen LogP contribution is 2.32. The predicted octanol–water partition coefficient (Wildman–Crippen LogP) is 5.14. The average Bonchev–Trinajstić information content (AvgIpc) is 2.84. The van der Waals surface area contributed by atoms with E-state index in [4.69, 9.17) is 0 Å². The van der Waals surface area contributed by atoms with E-state index >= 15 is 0 Å². The zero-order chi connectivity index (χ0) is 16.2. The summed E-state index contributed by atoms with van der Waals surface area (Å²) < 4.78 is 0.875. The van der Waals surface area contributed by atoms with Gasteiger partial charge in [-0.25, -0.2) is 9.97 Å². The fourth-order valence-electron chi connectivity index (χ4n) is 2.17. The van der Waals surface area contributed by atoms with E-state index in [1.165, 1.54) is 10.4 Å². The van der Waals surface area contributed by atoms with E-state index in [1.54, 1.807) is 23.9 Å². The van der Waals surface area contributed by atoms with Gasteiger partial charge in [-0.1, -0.05) is 30.3 Å². The molecule has 0 spiro atoms. The molecule has 0 bridgehead atoms. The van der Waals surface area contributed by atoms with Gasteiger partial charge >= 0.3 is 0 Å². The zero-order valence-corrected chi connectivity index (χ0v) is 15.1. The van der Waals surface area contributed by atoms with Crippen LogP contribution in [-0.2, 0) is 0 Å². The van der Waals surface area contributed by atoms with Crippen molar-refractivity contribution in [1.82, 2.24) is 9.97 Å². The van der Waals surface area contributed by atoms with E-state index < -0.39 is 0 Å². The number of aryl methyl sites for hydroxylation is 2. The number of rotatable bonds is 4. The zero-order valence-electron chi connectivity index (χ0n) is 12.7. The molecule has 0 aliphatic rings. The minimum atomic E-state index is 0.730. The van der Waals surface area contributed by atoms with Crippen molar-refractivity contribution >= 4 is 55.6 Å². The van der Waals surface area contributed by atoms with Crippen molar-refractivity contribution in [3.8, 4) is 0 Å². The summed E-state index contributed by atoms with van der Waals surface area (Å²) in [5, 5.41) is 5.30. The highest BCUT2D eigenvalue weighted by molar-refractivity contribution is 9.12. The van der Waals surface area contributed by atoms with Gasteiger partial charge in [-0.15, -0.1) is 11.3 Å². The van der Waals surface area contributed by atoms with Crippen LogP contribution >= 0.6 is 27.3 Å². The Hall–Kier alpha value is -2.05. The van der Waals surface area contributed by atoms with Crippen LogP contribution in [-0.4, -0.2) is 16.2 Å². The Labute approximate surface area is 147 Å². The summed E-state index contributed by atoms with van der Waals surface area (Å²) in [6, 6.07) is 10.1. The van der Waals surface area contributed by atoms with E-state index in [0.29, 0.717) is 0 Å². The number of hydrogen-bond donors (Lipinski definition) is 1. The van der Waals surface area contributed by atoms with Gasteiger partial charge in [0.1, 0.15) is 11.2 Å². The molecular formula is C17H15BrN4S. The second-order valence-corrected chi connectivity index (χ2v) is 7.11. The molecule has 0 aliphatic heterocycles. The topological polar surface area (TPSA) is 50.2 Å². The minimum Gasteiger partial charge on any atom is -0.261 e. The molecule has 2 aromatic heterocycles. The van der Waals surface area contributed by atoms with Gasteiger partial charge in [0.15, 0.2) is 5.82 Å². The molecule has 3 aromatic rings. The standard InChI is InChI=1S/C17H15BrN4S/c1-11-12(2)23-17-15(11)16(19-10-20-17)22-21-9-14(18)8-13-6-4-3-5-7-13/h3-10H,1-2H3,(H,19,20,22). The number of hydrazone groups is 1. The van der Waals surface area contributed by atoms with Crippen LogP contribution in [0.5, 0.6) is 0 Å². The second kappa shape index (κ2) is 7.02. The molecule has 0 saturated heterocycles. The fraction of sp³-hybridized carbons (Fsp3) is 0.118. The largest absolute Gasteiger partial charge is 0.261 e. The number of halogens is 1. The molecule has 3 rings (SSSR count). The maximum atomic E-state index is 4.32. The lowest BCUT2D eigenvalue weighted by atomic mass is 10.2. The lowest BCUT2D eigenvalue weighted by Gasteiger charge is -2.01. The maximum absolute atomic E-state index is 4.32. The summed E-state index contributed by atoms with van der Waals surface area (Å²) in [6.07, 6.45) is 5.28. The van der Waals surface area contributed by atoms with Crippen molar-refractivity contribution in [2.24, 2.45) is 5.10 Å². The number of hydrogen-bond acceptors (Lipinski definition) is 5. The van der Waals surface area contributed by atoms with E-state index in [-0.39, 0.29) is 0 Å². The molecule has 0 aliphatic carbocycles. The molecule has 1 N–H and O–H groups in total. The Morgan fingerprint density at radius 2 is 2.00 bits per heavy atom. The number of nitrogens with one attached hydrogen (secondary N) is 1. The quantitative estimate of drug-likeness (QED) is 0.498. The minimum absolute atomic E-state index is 0.730. The molecule has 1 aromatic carbocycles. The van der Waals surface area contributed by atoms with Crippen LogP contribution in [0.15, 0.2) is 46.2 Å². The second-order valence-electron chi connectivity index (χ2n) is 5.00. The smallest absolute Gasteiger partial charge is 0.158 e. The van der Waals surface area contributed by atoms with Gasteiger partial charge in [0, 0.05) is 9.36 Å². The first kappa shape index (κ1) is 15.8. The van der Waals surface area contributed by atoms with E-state index in [1.807, 2.05) is 36.4 Å². The normalized spacial score (nSPS) is 12.2. The van der Waals surface area contributed by atoms with Gasteiger partial charge in [-0.2, -0.15) is 5.10 Å². The summed E-state index contributed by atoms with van der Waals surface area (Å²) in [5.74, 6) is 0.730. The fourth-order valence-corrected chi connectivity index (χ4v) is 3.53.